The Morgan fingerprint density at radius 1 is 1.14 bits per heavy atom. The van der Waals surface area contributed by atoms with Crippen molar-refractivity contribution < 1.29 is 8.42 Å². The van der Waals surface area contributed by atoms with E-state index < -0.39 is 10.0 Å². The van der Waals surface area contributed by atoms with Gasteiger partial charge >= 0.3 is 0 Å². The molecule has 2 unspecified atom stereocenters. The quantitative estimate of drug-likeness (QED) is 0.831. The second kappa shape index (κ2) is 5.61. The molecule has 4 nitrogen and oxygen atoms in total. The maximum absolute atomic E-state index is 13.0. The smallest absolute Gasteiger partial charge is 0.246 e. The summed E-state index contributed by atoms with van der Waals surface area (Å²) >= 11 is 12.0. The number of fused-ring (bicyclic) bond motifs is 1. The number of nitrogen functional groups attached to an aromatic ring is 1. The third-order valence-electron chi connectivity index (χ3n) is 4.56. The highest BCUT2D eigenvalue weighted by atomic mass is 35.5. The topological polar surface area (TPSA) is 63.4 Å². The number of benzene rings is 1. The molecule has 0 aromatic heterocycles. The molecule has 116 valence electrons. The Labute approximate surface area is 135 Å². The first-order valence-corrected chi connectivity index (χ1v) is 9.37. The minimum atomic E-state index is -3.67. The van der Waals surface area contributed by atoms with Crippen molar-refractivity contribution in [1.82, 2.24) is 4.31 Å². The van der Waals surface area contributed by atoms with Gasteiger partial charge in [-0.25, -0.2) is 8.42 Å². The summed E-state index contributed by atoms with van der Waals surface area (Å²) in [4.78, 5) is -0.000194. The fourth-order valence-electron chi connectivity index (χ4n) is 3.63. The van der Waals surface area contributed by atoms with E-state index in [1.165, 1.54) is 18.6 Å². The van der Waals surface area contributed by atoms with Crippen LogP contribution in [0, 0.1) is 5.92 Å². The molecule has 0 spiro atoms. The van der Waals surface area contributed by atoms with Gasteiger partial charge in [-0.15, -0.1) is 0 Å². The van der Waals surface area contributed by atoms with Crippen LogP contribution in [-0.4, -0.2) is 25.3 Å². The minimum Gasteiger partial charge on any atom is -0.398 e. The van der Waals surface area contributed by atoms with E-state index >= 15 is 0 Å². The zero-order valence-corrected chi connectivity index (χ0v) is 13.9. The summed E-state index contributed by atoms with van der Waals surface area (Å²) in [6.45, 7) is 0.552. The van der Waals surface area contributed by atoms with E-state index in [-0.39, 0.29) is 21.6 Å². The Hall–Kier alpha value is -0.490. The van der Waals surface area contributed by atoms with Gasteiger partial charge in [0.05, 0.1) is 10.7 Å². The molecule has 1 saturated heterocycles. The minimum absolute atomic E-state index is 0.000194. The Balaban J connectivity index is 2.01. The van der Waals surface area contributed by atoms with Gasteiger partial charge in [0.1, 0.15) is 4.90 Å². The first-order valence-electron chi connectivity index (χ1n) is 7.17. The van der Waals surface area contributed by atoms with Gasteiger partial charge in [-0.05, 0) is 37.3 Å². The van der Waals surface area contributed by atoms with Gasteiger partial charge in [0.2, 0.25) is 10.0 Å². The molecule has 2 N–H and O–H groups in total. The number of hydrogen-bond donors (Lipinski definition) is 1. The molecule has 1 aliphatic carbocycles. The molecule has 1 heterocycles. The van der Waals surface area contributed by atoms with Gasteiger partial charge in [0.25, 0.3) is 0 Å². The van der Waals surface area contributed by atoms with E-state index in [9.17, 15) is 8.42 Å². The Bertz CT molecular complexity index is 640. The van der Waals surface area contributed by atoms with Crippen LogP contribution in [0.2, 0.25) is 10.0 Å². The van der Waals surface area contributed by atoms with Crippen LogP contribution in [0.3, 0.4) is 0 Å². The molecule has 21 heavy (non-hydrogen) atoms. The molecule has 2 aliphatic rings. The van der Waals surface area contributed by atoms with Crippen molar-refractivity contribution in [2.45, 2.75) is 43.0 Å². The lowest BCUT2D eigenvalue weighted by molar-refractivity contribution is 0.260. The van der Waals surface area contributed by atoms with E-state index in [0.29, 0.717) is 17.5 Å². The van der Waals surface area contributed by atoms with E-state index in [0.717, 1.165) is 25.7 Å². The average Bonchev–Trinajstić information content (AvgIpc) is 2.81. The van der Waals surface area contributed by atoms with Crippen molar-refractivity contribution in [2.75, 3.05) is 12.3 Å². The SMILES string of the molecule is Nc1cc(Cl)cc(Cl)c1S(=O)(=O)N1CCC2CCCCC21. The molecule has 0 radical (unpaired) electrons. The number of halogens is 2. The van der Waals surface area contributed by atoms with Gasteiger partial charge < -0.3 is 5.73 Å². The standard InChI is InChI=1S/C14H18Cl2N2O2S/c15-10-7-11(16)14(12(17)8-10)21(19,20)18-6-5-9-3-1-2-4-13(9)18/h7-9,13H,1-6,17H2. The number of nitrogens with zero attached hydrogens (tertiary/aromatic N) is 1. The van der Waals surface area contributed by atoms with Crippen LogP contribution < -0.4 is 5.73 Å². The Kier molecular flexibility index (Phi) is 4.12. The van der Waals surface area contributed by atoms with Crippen LogP contribution in [0.25, 0.3) is 0 Å². The van der Waals surface area contributed by atoms with Crippen molar-refractivity contribution >= 4 is 38.9 Å². The molecular formula is C14H18Cl2N2O2S. The summed E-state index contributed by atoms with van der Waals surface area (Å²) in [7, 11) is -3.67. The Morgan fingerprint density at radius 2 is 1.86 bits per heavy atom. The van der Waals surface area contributed by atoms with Crippen molar-refractivity contribution in [3.63, 3.8) is 0 Å². The predicted octanol–water partition coefficient (Wildman–Crippen LogP) is 3.53. The molecule has 1 aromatic carbocycles. The van der Waals surface area contributed by atoms with Crippen LogP contribution in [0.15, 0.2) is 17.0 Å². The van der Waals surface area contributed by atoms with Gasteiger partial charge in [-0.2, -0.15) is 4.31 Å². The van der Waals surface area contributed by atoms with E-state index in [1.54, 1.807) is 4.31 Å². The van der Waals surface area contributed by atoms with Crippen LogP contribution in [-0.2, 0) is 10.0 Å². The summed E-state index contributed by atoms with van der Waals surface area (Å²) in [5.41, 5.74) is 5.99. The molecule has 1 aromatic rings. The summed E-state index contributed by atoms with van der Waals surface area (Å²) in [6, 6.07) is 2.96. The second-order valence-corrected chi connectivity index (χ2v) is 8.49. The number of nitrogens with two attached hydrogens (primary N) is 1. The van der Waals surface area contributed by atoms with Crippen LogP contribution in [0.1, 0.15) is 32.1 Å². The number of hydrogen-bond acceptors (Lipinski definition) is 3. The maximum Gasteiger partial charge on any atom is 0.246 e. The van der Waals surface area contributed by atoms with Gasteiger partial charge in [0.15, 0.2) is 0 Å². The van der Waals surface area contributed by atoms with E-state index in [2.05, 4.69) is 0 Å². The van der Waals surface area contributed by atoms with Gasteiger partial charge in [-0.3, -0.25) is 0 Å². The average molecular weight is 349 g/mol. The third-order valence-corrected chi connectivity index (χ3v) is 7.23. The fourth-order valence-corrected chi connectivity index (χ4v) is 6.31. The lowest BCUT2D eigenvalue weighted by atomic mass is 9.86. The van der Waals surface area contributed by atoms with Crippen LogP contribution >= 0.6 is 23.2 Å². The number of anilines is 1. The first-order chi connectivity index (χ1) is 9.91. The van der Waals surface area contributed by atoms with Crippen molar-refractivity contribution in [3.8, 4) is 0 Å². The third kappa shape index (κ3) is 2.65. The Morgan fingerprint density at radius 3 is 2.57 bits per heavy atom. The summed E-state index contributed by atoms with van der Waals surface area (Å²) < 4.78 is 27.5. The molecule has 2 fully saturated rings. The normalized spacial score (nSPS) is 26.8. The van der Waals surface area contributed by atoms with E-state index in [1.807, 2.05) is 0 Å². The maximum atomic E-state index is 13.0. The fraction of sp³-hybridized carbons (Fsp3) is 0.571. The van der Waals surface area contributed by atoms with Crippen molar-refractivity contribution in [1.29, 1.82) is 0 Å². The van der Waals surface area contributed by atoms with E-state index in [4.69, 9.17) is 28.9 Å². The highest BCUT2D eigenvalue weighted by molar-refractivity contribution is 7.89. The molecule has 1 aliphatic heterocycles. The lowest BCUT2D eigenvalue weighted by Gasteiger charge is -2.31. The molecule has 3 rings (SSSR count). The van der Waals surface area contributed by atoms with Crippen LogP contribution in [0.5, 0.6) is 0 Å². The summed E-state index contributed by atoms with van der Waals surface area (Å²) in [6.07, 6.45) is 5.24. The molecule has 7 heteroatoms. The predicted molar refractivity (Wildman–Crippen MR) is 85.1 cm³/mol. The molecule has 1 saturated carbocycles. The van der Waals surface area contributed by atoms with Gasteiger partial charge in [0, 0.05) is 17.6 Å². The van der Waals surface area contributed by atoms with Crippen LogP contribution in [0.4, 0.5) is 5.69 Å². The first kappa shape index (κ1) is 15.4. The highest BCUT2D eigenvalue weighted by Gasteiger charge is 2.43. The highest BCUT2D eigenvalue weighted by Crippen LogP contribution is 2.41. The second-order valence-electron chi connectivity index (χ2n) is 5.82. The molecule has 2 atom stereocenters. The summed E-state index contributed by atoms with van der Waals surface area (Å²) in [5.74, 6) is 0.473. The largest absolute Gasteiger partial charge is 0.398 e. The van der Waals surface area contributed by atoms with Gasteiger partial charge in [-0.1, -0.05) is 36.0 Å². The summed E-state index contributed by atoms with van der Waals surface area (Å²) in [5, 5.41) is 0.438. The zero-order chi connectivity index (χ0) is 15.2. The number of sulfonamides is 1. The molecule has 0 amide bonds. The van der Waals surface area contributed by atoms with Crippen molar-refractivity contribution in [3.05, 3.63) is 22.2 Å². The van der Waals surface area contributed by atoms with Crippen molar-refractivity contribution in [2.24, 2.45) is 5.92 Å². The molecule has 0 bridgehead atoms. The zero-order valence-electron chi connectivity index (χ0n) is 11.6. The monoisotopic (exact) mass is 348 g/mol. The lowest BCUT2D eigenvalue weighted by Crippen LogP contribution is -2.39. The molecular weight excluding hydrogens is 331 g/mol. The number of rotatable bonds is 2.